The molecule has 4 nitrogen and oxygen atoms in total. The first-order valence-corrected chi connectivity index (χ1v) is 12.7. The van der Waals surface area contributed by atoms with Gasteiger partial charge in [-0.25, -0.2) is 9.97 Å². The van der Waals surface area contributed by atoms with Crippen LogP contribution in [-0.4, -0.2) is 15.0 Å². The first kappa shape index (κ1) is 20.9. The third kappa shape index (κ3) is 3.24. The number of H-pyrrole nitrogens is 1. The number of rotatable bonds is 3. The Hall–Kier alpha value is -5.22. The second kappa shape index (κ2) is 8.15. The molecule has 178 valence electrons. The number of nitrogens with zero attached hydrogens (tertiary/aromatic N) is 2. The van der Waals surface area contributed by atoms with Crippen molar-refractivity contribution in [3.8, 4) is 33.8 Å². The molecular weight excluding hydrogens is 466 g/mol. The van der Waals surface area contributed by atoms with Gasteiger partial charge in [-0.1, -0.05) is 91.0 Å². The van der Waals surface area contributed by atoms with Crippen LogP contribution in [0.5, 0.6) is 0 Å². The number of hydrogen-bond donors (Lipinski definition) is 1. The highest BCUT2D eigenvalue weighted by atomic mass is 16.3. The third-order valence-corrected chi connectivity index (χ3v) is 7.24. The molecular formula is C34H21N3O. The fourth-order valence-electron chi connectivity index (χ4n) is 5.40. The summed E-state index contributed by atoms with van der Waals surface area (Å²) < 4.78 is 6.05. The van der Waals surface area contributed by atoms with E-state index in [9.17, 15) is 0 Å². The predicted octanol–water partition coefficient (Wildman–Crippen LogP) is 9.01. The number of benzene rings is 5. The maximum Gasteiger partial charge on any atom is 0.162 e. The van der Waals surface area contributed by atoms with Crippen LogP contribution in [0.1, 0.15) is 0 Å². The molecule has 0 aliphatic heterocycles. The number of hydrogen-bond acceptors (Lipinski definition) is 3. The minimum Gasteiger partial charge on any atom is -0.456 e. The highest BCUT2D eigenvalue weighted by Gasteiger charge is 2.17. The Morgan fingerprint density at radius 1 is 0.500 bits per heavy atom. The van der Waals surface area contributed by atoms with Crippen molar-refractivity contribution in [2.75, 3.05) is 0 Å². The van der Waals surface area contributed by atoms with Gasteiger partial charge >= 0.3 is 0 Å². The lowest BCUT2D eigenvalue weighted by molar-refractivity contribution is 0.669. The molecule has 8 rings (SSSR count). The van der Waals surface area contributed by atoms with Gasteiger partial charge in [0.1, 0.15) is 16.8 Å². The summed E-state index contributed by atoms with van der Waals surface area (Å²) in [6.07, 6.45) is 0. The van der Waals surface area contributed by atoms with E-state index in [1.165, 1.54) is 0 Å². The molecule has 0 amide bonds. The second-order valence-electron chi connectivity index (χ2n) is 9.55. The zero-order valence-corrected chi connectivity index (χ0v) is 20.3. The number of nitrogens with one attached hydrogen (secondary N) is 1. The van der Waals surface area contributed by atoms with E-state index < -0.39 is 0 Å². The van der Waals surface area contributed by atoms with E-state index >= 15 is 0 Å². The number of aromatic nitrogens is 3. The minimum absolute atomic E-state index is 0.709. The molecule has 0 fully saturated rings. The van der Waals surface area contributed by atoms with Crippen LogP contribution in [0.4, 0.5) is 0 Å². The van der Waals surface area contributed by atoms with Crippen LogP contribution in [0.15, 0.2) is 126 Å². The van der Waals surface area contributed by atoms with E-state index in [4.69, 9.17) is 14.4 Å². The van der Waals surface area contributed by atoms with Gasteiger partial charge in [-0.15, -0.1) is 0 Å². The maximum atomic E-state index is 6.05. The standard InChI is InChI=1S/C34H21N3O/c1-3-9-21(10-4-1)32-31-27-20-23(24-16-18-30-26(19-24)25-13-7-8-14-29(25)38-30)15-17-28(27)35-34(31)37-33(36-32)22-11-5-2-6-12-22/h1-20H,(H,35,36,37). The van der Waals surface area contributed by atoms with Crippen molar-refractivity contribution in [1.82, 2.24) is 15.0 Å². The van der Waals surface area contributed by atoms with Crippen molar-refractivity contribution in [2.24, 2.45) is 0 Å². The van der Waals surface area contributed by atoms with Crippen molar-refractivity contribution >= 4 is 43.9 Å². The summed E-state index contributed by atoms with van der Waals surface area (Å²) in [7, 11) is 0. The molecule has 5 aromatic carbocycles. The molecule has 0 bridgehead atoms. The summed E-state index contributed by atoms with van der Waals surface area (Å²) in [5.74, 6) is 0.709. The fourth-order valence-corrected chi connectivity index (χ4v) is 5.40. The molecule has 0 atom stereocenters. The van der Waals surface area contributed by atoms with E-state index in [1.807, 2.05) is 48.5 Å². The molecule has 8 aromatic rings. The van der Waals surface area contributed by atoms with Gasteiger partial charge in [-0.2, -0.15) is 0 Å². The highest BCUT2D eigenvalue weighted by molar-refractivity contribution is 6.14. The smallest absolute Gasteiger partial charge is 0.162 e. The van der Waals surface area contributed by atoms with Gasteiger partial charge in [0.15, 0.2) is 5.82 Å². The van der Waals surface area contributed by atoms with Crippen molar-refractivity contribution in [1.29, 1.82) is 0 Å². The van der Waals surface area contributed by atoms with E-state index in [0.717, 1.165) is 71.8 Å². The molecule has 3 aromatic heterocycles. The molecule has 0 saturated carbocycles. The normalized spacial score (nSPS) is 11.7. The largest absolute Gasteiger partial charge is 0.456 e. The second-order valence-corrected chi connectivity index (χ2v) is 9.55. The lowest BCUT2D eigenvalue weighted by Gasteiger charge is -2.08. The SMILES string of the molecule is c1ccc(-c2nc(-c3ccccc3)c3c(n2)[nH]c2ccc(-c4ccc5oc6ccccc6c5c4)cc23)cc1. The number of furan rings is 1. The first-order chi connectivity index (χ1) is 18.8. The number of aromatic amines is 1. The maximum absolute atomic E-state index is 6.05. The monoisotopic (exact) mass is 487 g/mol. The molecule has 0 saturated heterocycles. The fraction of sp³-hybridized carbons (Fsp3) is 0. The van der Waals surface area contributed by atoms with E-state index in [1.54, 1.807) is 0 Å². The quantitative estimate of drug-likeness (QED) is 0.270. The molecule has 0 aliphatic carbocycles. The molecule has 1 N–H and O–H groups in total. The van der Waals surface area contributed by atoms with E-state index in [-0.39, 0.29) is 0 Å². The Morgan fingerprint density at radius 2 is 1.16 bits per heavy atom. The highest BCUT2D eigenvalue weighted by Crippen LogP contribution is 2.37. The number of fused-ring (bicyclic) bond motifs is 6. The van der Waals surface area contributed by atoms with E-state index in [2.05, 4.69) is 77.8 Å². The summed E-state index contributed by atoms with van der Waals surface area (Å²) >= 11 is 0. The Bertz CT molecular complexity index is 2120. The van der Waals surface area contributed by atoms with Gasteiger partial charge in [0, 0.05) is 32.8 Å². The van der Waals surface area contributed by atoms with Crippen LogP contribution in [0, 0.1) is 0 Å². The molecule has 0 aliphatic rings. The lowest BCUT2D eigenvalue weighted by atomic mass is 9.99. The molecule has 0 spiro atoms. The zero-order chi connectivity index (χ0) is 25.1. The molecule has 38 heavy (non-hydrogen) atoms. The van der Waals surface area contributed by atoms with Crippen LogP contribution in [0.25, 0.3) is 77.6 Å². The average molecular weight is 488 g/mol. The summed E-state index contributed by atoms with van der Waals surface area (Å²) in [5, 5.41) is 4.39. The summed E-state index contributed by atoms with van der Waals surface area (Å²) in [5.41, 5.74) is 8.94. The van der Waals surface area contributed by atoms with Gasteiger partial charge in [0.25, 0.3) is 0 Å². The minimum atomic E-state index is 0.709. The van der Waals surface area contributed by atoms with Crippen LogP contribution in [0.3, 0.4) is 0 Å². The average Bonchev–Trinajstić information content (AvgIpc) is 3.55. The summed E-state index contributed by atoms with van der Waals surface area (Å²) in [6.45, 7) is 0. The van der Waals surface area contributed by atoms with Gasteiger partial charge in [-0.05, 0) is 41.5 Å². The van der Waals surface area contributed by atoms with Crippen molar-refractivity contribution in [3.05, 3.63) is 121 Å². The zero-order valence-electron chi connectivity index (χ0n) is 20.3. The first-order valence-electron chi connectivity index (χ1n) is 12.7. The van der Waals surface area contributed by atoms with Gasteiger partial charge in [-0.3, -0.25) is 0 Å². The Balaban J connectivity index is 1.37. The predicted molar refractivity (Wildman–Crippen MR) is 155 cm³/mol. The summed E-state index contributed by atoms with van der Waals surface area (Å²) in [6, 6.07) is 41.6. The van der Waals surface area contributed by atoms with Crippen LogP contribution >= 0.6 is 0 Å². The van der Waals surface area contributed by atoms with Crippen molar-refractivity contribution in [2.45, 2.75) is 0 Å². The Labute approximate surface area is 218 Å². The van der Waals surface area contributed by atoms with Crippen molar-refractivity contribution in [3.63, 3.8) is 0 Å². The van der Waals surface area contributed by atoms with Gasteiger partial charge < -0.3 is 9.40 Å². The molecule has 4 heteroatoms. The lowest BCUT2D eigenvalue weighted by Crippen LogP contribution is -1.94. The molecule has 0 unspecified atom stereocenters. The topological polar surface area (TPSA) is 54.7 Å². The van der Waals surface area contributed by atoms with Gasteiger partial charge in [0.2, 0.25) is 0 Å². The molecule has 0 radical (unpaired) electrons. The number of para-hydroxylation sites is 1. The van der Waals surface area contributed by atoms with Crippen molar-refractivity contribution < 1.29 is 4.42 Å². The van der Waals surface area contributed by atoms with Gasteiger partial charge in [0.05, 0.1) is 11.1 Å². The Morgan fingerprint density at radius 3 is 1.97 bits per heavy atom. The van der Waals surface area contributed by atoms with Crippen LogP contribution in [-0.2, 0) is 0 Å². The van der Waals surface area contributed by atoms with E-state index in [0.29, 0.717) is 5.82 Å². The van der Waals surface area contributed by atoms with Crippen LogP contribution in [0.2, 0.25) is 0 Å². The van der Waals surface area contributed by atoms with Crippen LogP contribution < -0.4 is 0 Å². The Kier molecular flexibility index (Phi) is 4.49. The third-order valence-electron chi connectivity index (χ3n) is 7.24. The summed E-state index contributed by atoms with van der Waals surface area (Å²) in [4.78, 5) is 13.6. The molecule has 3 heterocycles.